The molecule has 39 heavy (non-hydrogen) atoms. The third kappa shape index (κ3) is 16.7. The van der Waals surface area contributed by atoms with Gasteiger partial charge >= 0.3 is 12.1 Å². The number of aliphatic hydroxyl groups is 1. The molecule has 1 rings (SSSR count). The Bertz CT molecular complexity index is 849. The van der Waals surface area contributed by atoms with E-state index < -0.39 is 35.7 Å². The van der Waals surface area contributed by atoms with Gasteiger partial charge in [0.1, 0.15) is 11.4 Å². The van der Waals surface area contributed by atoms with Crippen LogP contribution in [-0.4, -0.2) is 82.7 Å². The van der Waals surface area contributed by atoms with Crippen LogP contribution < -0.4 is 10.6 Å². The summed E-state index contributed by atoms with van der Waals surface area (Å²) in [6.45, 7) is 12.2. The third-order valence-electron chi connectivity index (χ3n) is 5.44. The molecule has 3 N–H and O–H groups in total. The van der Waals surface area contributed by atoms with E-state index in [4.69, 9.17) is 14.2 Å². The monoisotopic (exact) mass is 558 g/mol. The molecular formula is C26H46N4O9. The number of nitrogens with zero attached hydrogens (tertiary/aromatic N) is 2. The van der Waals surface area contributed by atoms with E-state index in [9.17, 15) is 29.6 Å². The lowest BCUT2D eigenvalue weighted by molar-refractivity contribution is -0.523. The topological polar surface area (TPSA) is 170 Å². The van der Waals surface area contributed by atoms with Gasteiger partial charge in [-0.3, -0.25) is 25.0 Å². The van der Waals surface area contributed by atoms with Gasteiger partial charge in [0, 0.05) is 56.8 Å². The van der Waals surface area contributed by atoms with Gasteiger partial charge in [0.05, 0.1) is 12.0 Å². The zero-order valence-corrected chi connectivity index (χ0v) is 24.1. The van der Waals surface area contributed by atoms with Crippen molar-refractivity contribution >= 4 is 18.0 Å². The third-order valence-corrected chi connectivity index (χ3v) is 5.44. The van der Waals surface area contributed by atoms with E-state index in [0.717, 1.165) is 0 Å². The summed E-state index contributed by atoms with van der Waals surface area (Å²) in [5, 5.41) is 26.3. The molecule has 224 valence electrons. The summed E-state index contributed by atoms with van der Waals surface area (Å²) in [5.74, 6) is -0.413. The van der Waals surface area contributed by atoms with Gasteiger partial charge in [-0.25, -0.2) is 4.79 Å². The molecule has 2 unspecified atom stereocenters. The van der Waals surface area contributed by atoms with Crippen molar-refractivity contribution in [1.82, 2.24) is 15.5 Å². The predicted octanol–water partition coefficient (Wildman–Crippen LogP) is 2.84. The molecule has 0 saturated carbocycles. The minimum atomic E-state index is -1.14. The number of hydrogen-bond donors (Lipinski definition) is 3. The number of amides is 2. The number of allylic oxidation sites excluding steroid dienone is 1. The number of carbonyl (C=O) groups excluding carboxylic acids is 3. The van der Waals surface area contributed by atoms with Gasteiger partial charge in [0.2, 0.25) is 18.4 Å². The molecule has 0 saturated heterocycles. The van der Waals surface area contributed by atoms with Gasteiger partial charge in [0.15, 0.2) is 0 Å². The van der Waals surface area contributed by atoms with Crippen molar-refractivity contribution in [2.75, 3.05) is 26.2 Å². The molecule has 0 bridgehead atoms. The number of rotatable bonds is 15. The first-order valence-electron chi connectivity index (χ1n) is 13.4. The van der Waals surface area contributed by atoms with Gasteiger partial charge < -0.3 is 29.5 Å². The summed E-state index contributed by atoms with van der Waals surface area (Å²) in [4.78, 5) is 49.2. The highest BCUT2D eigenvalue weighted by atomic mass is 16.6. The van der Waals surface area contributed by atoms with Crippen LogP contribution in [0.4, 0.5) is 4.79 Å². The van der Waals surface area contributed by atoms with Crippen molar-refractivity contribution in [3.05, 3.63) is 21.9 Å². The number of alkyl carbamates (subject to hydrolysis) is 1. The summed E-state index contributed by atoms with van der Waals surface area (Å²) in [6, 6.07) is -0.664. The van der Waals surface area contributed by atoms with E-state index in [0.29, 0.717) is 57.6 Å². The fourth-order valence-corrected chi connectivity index (χ4v) is 3.65. The van der Waals surface area contributed by atoms with Crippen LogP contribution in [0.3, 0.4) is 0 Å². The van der Waals surface area contributed by atoms with Crippen LogP contribution in [0.1, 0.15) is 86.5 Å². The predicted molar refractivity (Wildman–Crippen MR) is 143 cm³/mol. The second kappa shape index (κ2) is 16.4. The first-order chi connectivity index (χ1) is 18.1. The SMILES string of the molecule is CC(C)(C)OC(=O)NCCCN(CCCNC(O)OC(C)(C)C)C(=O)CCC(=O)OC1=CCC([N+](=O)[O-])CC1. The van der Waals surface area contributed by atoms with Crippen molar-refractivity contribution in [2.45, 2.75) is 110 Å². The highest BCUT2D eigenvalue weighted by molar-refractivity contribution is 5.81. The minimum Gasteiger partial charge on any atom is -0.444 e. The van der Waals surface area contributed by atoms with Gasteiger partial charge in [-0.2, -0.15) is 0 Å². The van der Waals surface area contributed by atoms with Crippen LogP contribution in [0.25, 0.3) is 0 Å². The minimum absolute atomic E-state index is 0.0632. The Balaban J connectivity index is 2.55. The summed E-state index contributed by atoms with van der Waals surface area (Å²) >= 11 is 0. The molecule has 0 aliphatic heterocycles. The lowest BCUT2D eigenvalue weighted by Crippen LogP contribution is -2.40. The first-order valence-corrected chi connectivity index (χ1v) is 13.4. The highest BCUT2D eigenvalue weighted by Crippen LogP contribution is 2.21. The van der Waals surface area contributed by atoms with Crippen LogP contribution in [0.15, 0.2) is 11.8 Å². The average Bonchev–Trinajstić information content (AvgIpc) is 2.79. The van der Waals surface area contributed by atoms with Gasteiger partial charge in [0.25, 0.3) is 0 Å². The molecule has 1 aliphatic rings. The zero-order valence-electron chi connectivity index (χ0n) is 24.1. The van der Waals surface area contributed by atoms with E-state index in [1.165, 1.54) is 0 Å². The fourth-order valence-electron chi connectivity index (χ4n) is 3.65. The van der Waals surface area contributed by atoms with Crippen molar-refractivity contribution in [1.29, 1.82) is 0 Å². The summed E-state index contributed by atoms with van der Waals surface area (Å²) in [6.07, 6.45) is 1.50. The fraction of sp³-hybridized carbons (Fsp3) is 0.808. The van der Waals surface area contributed by atoms with E-state index >= 15 is 0 Å². The van der Waals surface area contributed by atoms with Crippen LogP contribution in [-0.2, 0) is 23.8 Å². The molecule has 0 fully saturated rings. The Labute approximate surface area is 230 Å². The first kappa shape index (κ1) is 34.3. The number of nitrogens with one attached hydrogen (secondary N) is 2. The lowest BCUT2D eigenvalue weighted by Gasteiger charge is -2.26. The van der Waals surface area contributed by atoms with Crippen LogP contribution in [0.5, 0.6) is 0 Å². The molecule has 13 nitrogen and oxygen atoms in total. The number of nitro groups is 1. The number of esters is 1. The Morgan fingerprint density at radius 3 is 2.28 bits per heavy atom. The zero-order chi connectivity index (χ0) is 29.6. The van der Waals surface area contributed by atoms with E-state index in [1.54, 1.807) is 31.7 Å². The molecule has 13 heteroatoms. The molecule has 0 radical (unpaired) electrons. The Hall–Kier alpha value is -2.77. The van der Waals surface area contributed by atoms with E-state index in [1.807, 2.05) is 20.8 Å². The van der Waals surface area contributed by atoms with Gasteiger partial charge in [-0.05, 0) is 60.5 Å². The summed E-state index contributed by atoms with van der Waals surface area (Å²) in [7, 11) is 0. The van der Waals surface area contributed by atoms with E-state index in [2.05, 4.69) is 10.6 Å². The quantitative estimate of drug-likeness (QED) is 0.0893. The molecule has 1 aliphatic carbocycles. The number of hydrogen-bond acceptors (Lipinski definition) is 10. The molecule has 2 atom stereocenters. The normalized spacial score (nSPS) is 16.6. The second-order valence-electron chi connectivity index (χ2n) is 11.4. The maximum absolute atomic E-state index is 12.9. The molecular weight excluding hydrogens is 512 g/mol. The largest absolute Gasteiger partial charge is 0.444 e. The highest BCUT2D eigenvalue weighted by Gasteiger charge is 2.25. The maximum Gasteiger partial charge on any atom is 0.407 e. The molecule has 0 heterocycles. The maximum atomic E-state index is 12.9. The average molecular weight is 559 g/mol. The van der Waals surface area contributed by atoms with Crippen molar-refractivity contribution in [3.63, 3.8) is 0 Å². The molecule has 0 aromatic rings. The molecule has 0 aromatic heterocycles. The molecule has 0 aromatic carbocycles. The van der Waals surface area contributed by atoms with Gasteiger partial charge in [-0.15, -0.1) is 0 Å². The van der Waals surface area contributed by atoms with Crippen LogP contribution in [0.2, 0.25) is 0 Å². The lowest BCUT2D eigenvalue weighted by atomic mass is 10.0. The van der Waals surface area contributed by atoms with Crippen molar-refractivity contribution in [3.8, 4) is 0 Å². The molecule has 0 spiro atoms. The smallest absolute Gasteiger partial charge is 0.407 e. The Kier molecular flexibility index (Phi) is 14.4. The van der Waals surface area contributed by atoms with Crippen molar-refractivity contribution in [2.24, 2.45) is 0 Å². The number of carbonyl (C=O) groups is 3. The number of aliphatic hydroxyl groups excluding tert-OH is 1. The molecule has 2 amide bonds. The Morgan fingerprint density at radius 1 is 1.10 bits per heavy atom. The number of ether oxygens (including phenoxy) is 3. The summed E-state index contributed by atoms with van der Waals surface area (Å²) < 4.78 is 15.9. The Morgan fingerprint density at radius 2 is 1.74 bits per heavy atom. The van der Waals surface area contributed by atoms with Crippen LogP contribution in [0, 0.1) is 10.1 Å². The van der Waals surface area contributed by atoms with Crippen LogP contribution >= 0.6 is 0 Å². The van der Waals surface area contributed by atoms with E-state index in [-0.39, 0.29) is 30.1 Å². The van der Waals surface area contributed by atoms with Gasteiger partial charge in [-0.1, -0.05) is 0 Å². The standard InChI is InChI=1S/C26H46N4O9/c1-25(2,3)38-23(33)27-15-7-17-29(18-8-16-28-24(34)39-26(4,5)6)21(31)13-14-22(32)37-20-11-9-19(10-12-20)30(35)36/h11,19,23,27,33H,7-10,12-18H2,1-6H3,(H,28,34). The van der Waals surface area contributed by atoms with Crippen molar-refractivity contribution < 1.29 is 38.6 Å². The second-order valence-corrected chi connectivity index (χ2v) is 11.4. The summed E-state index contributed by atoms with van der Waals surface area (Å²) in [5.41, 5.74) is -1.14.